The first-order valence-corrected chi connectivity index (χ1v) is 12.2. The minimum absolute atomic E-state index is 0.139. The Morgan fingerprint density at radius 3 is 2.21 bits per heavy atom. The van der Waals surface area contributed by atoms with Crippen molar-refractivity contribution in [1.29, 1.82) is 0 Å². The molecule has 2 amide bonds. The number of nitrogens with one attached hydrogen (secondary N) is 1. The van der Waals surface area contributed by atoms with Crippen LogP contribution in [0.4, 0.5) is 0 Å². The summed E-state index contributed by atoms with van der Waals surface area (Å²) in [7, 11) is 0. The summed E-state index contributed by atoms with van der Waals surface area (Å²) in [5, 5.41) is 3.91. The van der Waals surface area contributed by atoms with Gasteiger partial charge in [0.1, 0.15) is 6.04 Å². The molecule has 1 atom stereocenters. The lowest BCUT2D eigenvalue weighted by atomic mass is 10.00. The molecule has 6 heteroatoms. The van der Waals surface area contributed by atoms with Crippen molar-refractivity contribution >= 4 is 35.0 Å². The molecule has 0 heterocycles. The van der Waals surface area contributed by atoms with Gasteiger partial charge >= 0.3 is 0 Å². The lowest BCUT2D eigenvalue weighted by Gasteiger charge is -2.32. The summed E-state index contributed by atoms with van der Waals surface area (Å²) >= 11 is 12.9. The van der Waals surface area contributed by atoms with Crippen LogP contribution in [0.1, 0.15) is 35.6 Å². The zero-order valence-electron chi connectivity index (χ0n) is 19.6. The fourth-order valence-corrected chi connectivity index (χ4v) is 4.36. The molecule has 0 spiro atoms. The summed E-state index contributed by atoms with van der Waals surface area (Å²) in [5.41, 5.74) is 3.56. The molecule has 34 heavy (non-hydrogen) atoms. The fourth-order valence-electron chi connectivity index (χ4n) is 3.85. The van der Waals surface area contributed by atoms with E-state index in [2.05, 4.69) is 5.32 Å². The number of rotatable bonds is 10. The monoisotopic (exact) mass is 496 g/mol. The predicted molar refractivity (Wildman–Crippen MR) is 139 cm³/mol. The average molecular weight is 497 g/mol. The standard InChI is InChI=1S/C28H30Cl2N2O2/c1-3-16-31-28(34)26(17-21-11-5-4-6-12-21)32(19-23-24(29)14-9-15-25(23)30)27(33)18-22-13-8-7-10-20(22)2/h4-15,26H,3,16-19H2,1-2H3,(H,31,34)/t26-/m0/s1. The van der Waals surface area contributed by atoms with Crippen LogP contribution in [0.3, 0.4) is 0 Å². The van der Waals surface area contributed by atoms with E-state index in [0.29, 0.717) is 28.6 Å². The van der Waals surface area contributed by atoms with Gasteiger partial charge in [-0.1, -0.05) is 90.8 Å². The zero-order chi connectivity index (χ0) is 24.5. The Balaban J connectivity index is 2.01. The third kappa shape index (κ3) is 6.85. The number of carbonyl (C=O) groups excluding carboxylic acids is 2. The van der Waals surface area contributed by atoms with Crippen LogP contribution >= 0.6 is 23.2 Å². The fraction of sp³-hybridized carbons (Fsp3) is 0.286. The van der Waals surface area contributed by atoms with Crippen molar-refractivity contribution in [2.45, 2.75) is 45.7 Å². The van der Waals surface area contributed by atoms with E-state index in [9.17, 15) is 9.59 Å². The van der Waals surface area contributed by atoms with Crippen LogP contribution in [-0.2, 0) is 29.0 Å². The molecule has 4 nitrogen and oxygen atoms in total. The summed E-state index contributed by atoms with van der Waals surface area (Å²) in [5.74, 6) is -0.343. The molecule has 0 fully saturated rings. The van der Waals surface area contributed by atoms with Gasteiger partial charge < -0.3 is 10.2 Å². The van der Waals surface area contributed by atoms with Gasteiger partial charge in [-0.3, -0.25) is 9.59 Å². The van der Waals surface area contributed by atoms with Crippen LogP contribution in [0.25, 0.3) is 0 Å². The molecule has 1 N–H and O–H groups in total. The second-order valence-corrected chi connectivity index (χ2v) is 9.14. The minimum Gasteiger partial charge on any atom is -0.354 e. The van der Waals surface area contributed by atoms with E-state index in [-0.39, 0.29) is 24.8 Å². The van der Waals surface area contributed by atoms with Gasteiger partial charge in [0.2, 0.25) is 11.8 Å². The third-order valence-electron chi connectivity index (χ3n) is 5.81. The van der Waals surface area contributed by atoms with Crippen molar-refractivity contribution in [2.24, 2.45) is 0 Å². The van der Waals surface area contributed by atoms with E-state index in [1.165, 1.54) is 0 Å². The van der Waals surface area contributed by atoms with Gasteiger partial charge in [-0.15, -0.1) is 0 Å². The zero-order valence-corrected chi connectivity index (χ0v) is 21.1. The van der Waals surface area contributed by atoms with E-state index in [1.807, 2.05) is 68.4 Å². The average Bonchev–Trinajstić information content (AvgIpc) is 2.83. The van der Waals surface area contributed by atoms with Gasteiger partial charge in [-0.2, -0.15) is 0 Å². The molecule has 0 saturated heterocycles. The lowest BCUT2D eigenvalue weighted by molar-refractivity contribution is -0.140. The molecule has 0 aliphatic rings. The van der Waals surface area contributed by atoms with Crippen molar-refractivity contribution in [3.8, 4) is 0 Å². The summed E-state index contributed by atoms with van der Waals surface area (Å²) in [6, 6.07) is 22.1. The van der Waals surface area contributed by atoms with E-state index in [1.54, 1.807) is 23.1 Å². The van der Waals surface area contributed by atoms with Gasteiger partial charge in [0.05, 0.1) is 6.42 Å². The molecule has 0 saturated carbocycles. The Morgan fingerprint density at radius 2 is 1.56 bits per heavy atom. The molecule has 3 rings (SSSR count). The van der Waals surface area contributed by atoms with Crippen LogP contribution < -0.4 is 5.32 Å². The van der Waals surface area contributed by atoms with E-state index < -0.39 is 6.04 Å². The second kappa shape index (κ2) is 12.6. The molecular formula is C28H30Cl2N2O2. The molecule has 0 bridgehead atoms. The Hall–Kier alpha value is -2.82. The highest BCUT2D eigenvalue weighted by Crippen LogP contribution is 2.27. The topological polar surface area (TPSA) is 49.4 Å². The van der Waals surface area contributed by atoms with Crippen molar-refractivity contribution in [1.82, 2.24) is 10.2 Å². The number of hydrogen-bond acceptors (Lipinski definition) is 2. The second-order valence-electron chi connectivity index (χ2n) is 8.32. The van der Waals surface area contributed by atoms with E-state index in [4.69, 9.17) is 23.2 Å². The number of halogens is 2. The maximum atomic E-state index is 13.8. The van der Waals surface area contributed by atoms with Crippen LogP contribution in [0.2, 0.25) is 10.0 Å². The molecule has 0 aliphatic carbocycles. The van der Waals surface area contributed by atoms with Crippen LogP contribution in [-0.4, -0.2) is 29.3 Å². The normalized spacial score (nSPS) is 11.6. The first kappa shape index (κ1) is 25.8. The summed E-state index contributed by atoms with van der Waals surface area (Å²) in [6.45, 7) is 4.65. The highest BCUT2D eigenvalue weighted by atomic mass is 35.5. The Labute approximate surface area is 211 Å². The minimum atomic E-state index is -0.710. The smallest absolute Gasteiger partial charge is 0.243 e. The van der Waals surface area contributed by atoms with Gasteiger partial charge in [0, 0.05) is 35.1 Å². The summed E-state index contributed by atoms with van der Waals surface area (Å²) in [6.07, 6.45) is 1.37. The maximum Gasteiger partial charge on any atom is 0.243 e. The van der Waals surface area contributed by atoms with Crippen LogP contribution in [0.15, 0.2) is 72.8 Å². The molecule has 178 valence electrons. The number of nitrogens with zero attached hydrogens (tertiary/aromatic N) is 1. The maximum absolute atomic E-state index is 13.8. The first-order valence-electron chi connectivity index (χ1n) is 11.5. The lowest BCUT2D eigenvalue weighted by Crippen LogP contribution is -2.51. The van der Waals surface area contributed by atoms with E-state index in [0.717, 1.165) is 23.1 Å². The highest BCUT2D eigenvalue weighted by Gasteiger charge is 2.31. The Kier molecular flexibility index (Phi) is 9.55. The van der Waals surface area contributed by atoms with Gasteiger partial charge in [-0.25, -0.2) is 0 Å². The van der Waals surface area contributed by atoms with Gasteiger partial charge in [0.25, 0.3) is 0 Å². The van der Waals surface area contributed by atoms with Crippen molar-refractivity contribution in [3.63, 3.8) is 0 Å². The third-order valence-corrected chi connectivity index (χ3v) is 6.52. The predicted octanol–water partition coefficient (Wildman–Crippen LogP) is 6.01. The van der Waals surface area contributed by atoms with Crippen molar-refractivity contribution < 1.29 is 9.59 Å². The van der Waals surface area contributed by atoms with Crippen LogP contribution in [0, 0.1) is 6.92 Å². The number of benzene rings is 3. The quantitative estimate of drug-likeness (QED) is 0.373. The molecule has 3 aromatic carbocycles. The molecule has 0 aliphatic heterocycles. The number of hydrogen-bond donors (Lipinski definition) is 1. The molecular weight excluding hydrogens is 467 g/mol. The van der Waals surface area contributed by atoms with Gasteiger partial charge in [0.15, 0.2) is 0 Å². The SMILES string of the molecule is CCCNC(=O)[C@H](Cc1ccccc1)N(Cc1c(Cl)cccc1Cl)C(=O)Cc1ccccc1C. The molecule has 0 unspecified atom stereocenters. The number of amides is 2. The molecule has 3 aromatic rings. The molecule has 0 radical (unpaired) electrons. The van der Waals surface area contributed by atoms with Gasteiger partial charge in [-0.05, 0) is 42.2 Å². The number of aryl methyl sites for hydroxylation is 1. The van der Waals surface area contributed by atoms with Crippen molar-refractivity contribution in [3.05, 3.63) is 105 Å². The highest BCUT2D eigenvalue weighted by molar-refractivity contribution is 6.36. The van der Waals surface area contributed by atoms with Crippen molar-refractivity contribution in [2.75, 3.05) is 6.54 Å². The summed E-state index contributed by atoms with van der Waals surface area (Å²) in [4.78, 5) is 28.7. The van der Waals surface area contributed by atoms with Crippen LogP contribution in [0.5, 0.6) is 0 Å². The van der Waals surface area contributed by atoms with E-state index >= 15 is 0 Å². The largest absolute Gasteiger partial charge is 0.354 e. The Bertz CT molecular complexity index is 1100. The Morgan fingerprint density at radius 1 is 0.912 bits per heavy atom. The number of carbonyl (C=O) groups is 2. The summed E-state index contributed by atoms with van der Waals surface area (Å²) < 4.78 is 0. The first-order chi connectivity index (χ1) is 16.4. The molecule has 0 aromatic heterocycles.